The van der Waals surface area contributed by atoms with E-state index >= 15 is 0 Å². The third-order valence-electron chi connectivity index (χ3n) is 4.78. The van der Waals surface area contributed by atoms with Crippen LogP contribution in [0, 0.1) is 13.8 Å². The molecule has 0 fully saturated rings. The first-order valence-corrected chi connectivity index (χ1v) is 10.0. The van der Waals surface area contributed by atoms with E-state index in [2.05, 4.69) is 15.8 Å². The third kappa shape index (κ3) is 6.18. The van der Waals surface area contributed by atoms with Gasteiger partial charge in [0.1, 0.15) is 6.61 Å². The van der Waals surface area contributed by atoms with E-state index in [1.165, 1.54) is 6.21 Å². The highest BCUT2D eigenvalue weighted by molar-refractivity contribution is 6.39. The molecule has 0 aliphatic carbocycles. The second-order valence-electron chi connectivity index (χ2n) is 7.14. The predicted molar refractivity (Wildman–Crippen MR) is 124 cm³/mol. The molecule has 2 N–H and O–H groups in total. The van der Waals surface area contributed by atoms with Crippen LogP contribution in [0.2, 0.25) is 0 Å². The highest BCUT2D eigenvalue weighted by Crippen LogP contribution is 2.28. The van der Waals surface area contributed by atoms with Crippen molar-refractivity contribution < 1.29 is 19.1 Å². The number of carbonyl (C=O) groups is 2. The Hall–Kier alpha value is -4.13. The summed E-state index contributed by atoms with van der Waals surface area (Å²) in [6.45, 7) is 4.32. The lowest BCUT2D eigenvalue weighted by atomic mass is 10.1. The van der Waals surface area contributed by atoms with Gasteiger partial charge < -0.3 is 14.8 Å². The Bertz CT molecular complexity index is 1130. The average molecular weight is 431 g/mol. The van der Waals surface area contributed by atoms with Crippen molar-refractivity contribution in [3.05, 3.63) is 89.0 Å². The molecule has 0 saturated heterocycles. The number of ether oxygens (including phenoxy) is 2. The molecule has 0 bridgehead atoms. The van der Waals surface area contributed by atoms with Gasteiger partial charge in [-0.05, 0) is 66.4 Å². The first kappa shape index (κ1) is 22.6. The maximum absolute atomic E-state index is 12.1. The summed E-state index contributed by atoms with van der Waals surface area (Å²) in [5, 5.41) is 6.40. The van der Waals surface area contributed by atoms with Crippen LogP contribution in [0.15, 0.2) is 71.8 Å². The van der Waals surface area contributed by atoms with E-state index in [1.807, 2.05) is 50.2 Å². The molecule has 0 atom stereocenters. The number of carbonyl (C=O) groups excluding carboxylic acids is 2. The number of hydrogen-bond acceptors (Lipinski definition) is 5. The van der Waals surface area contributed by atoms with E-state index in [-0.39, 0.29) is 0 Å². The number of nitrogens with zero attached hydrogens (tertiary/aromatic N) is 1. The Morgan fingerprint density at radius 1 is 0.906 bits per heavy atom. The fourth-order valence-corrected chi connectivity index (χ4v) is 2.84. The van der Waals surface area contributed by atoms with Crippen molar-refractivity contribution in [3.8, 4) is 11.5 Å². The molecule has 3 aromatic carbocycles. The summed E-state index contributed by atoms with van der Waals surface area (Å²) < 4.78 is 11.2. The summed E-state index contributed by atoms with van der Waals surface area (Å²) >= 11 is 0. The molecule has 0 saturated carbocycles. The zero-order valence-electron chi connectivity index (χ0n) is 18.2. The summed E-state index contributed by atoms with van der Waals surface area (Å²) in [5.41, 5.74) is 6.61. The van der Waals surface area contributed by atoms with E-state index in [9.17, 15) is 9.59 Å². The van der Waals surface area contributed by atoms with Crippen molar-refractivity contribution in [3.63, 3.8) is 0 Å². The van der Waals surface area contributed by atoms with E-state index in [0.717, 1.165) is 16.7 Å². The monoisotopic (exact) mass is 431 g/mol. The molecule has 0 aliphatic heterocycles. The van der Waals surface area contributed by atoms with Gasteiger partial charge >= 0.3 is 11.8 Å². The lowest BCUT2D eigenvalue weighted by Crippen LogP contribution is -2.32. The van der Waals surface area contributed by atoms with Crippen LogP contribution in [0.1, 0.15) is 22.3 Å². The first-order valence-electron chi connectivity index (χ1n) is 10.0. The lowest BCUT2D eigenvalue weighted by molar-refractivity contribution is -0.136. The Morgan fingerprint density at radius 2 is 1.69 bits per heavy atom. The van der Waals surface area contributed by atoms with Crippen LogP contribution in [-0.2, 0) is 16.2 Å². The lowest BCUT2D eigenvalue weighted by Gasteiger charge is -2.11. The van der Waals surface area contributed by atoms with Gasteiger partial charge in [-0.25, -0.2) is 5.43 Å². The molecule has 3 aromatic rings. The Kier molecular flexibility index (Phi) is 7.59. The minimum atomic E-state index is -0.866. The van der Waals surface area contributed by atoms with Crippen molar-refractivity contribution >= 4 is 23.7 Å². The van der Waals surface area contributed by atoms with Gasteiger partial charge in [0.05, 0.1) is 13.3 Å². The predicted octanol–water partition coefficient (Wildman–Crippen LogP) is 3.98. The van der Waals surface area contributed by atoms with E-state index in [0.29, 0.717) is 29.4 Å². The van der Waals surface area contributed by atoms with Crippen LogP contribution in [0.3, 0.4) is 0 Å². The number of rotatable bonds is 7. The number of nitrogens with one attached hydrogen (secondary N) is 2. The molecule has 2 amide bonds. The minimum absolute atomic E-state index is 0.413. The summed E-state index contributed by atoms with van der Waals surface area (Å²) in [5.74, 6) is -0.545. The normalized spacial score (nSPS) is 10.6. The van der Waals surface area contributed by atoms with Crippen LogP contribution in [0.25, 0.3) is 0 Å². The minimum Gasteiger partial charge on any atom is -0.493 e. The van der Waals surface area contributed by atoms with Gasteiger partial charge in [0.15, 0.2) is 11.5 Å². The zero-order valence-corrected chi connectivity index (χ0v) is 18.2. The summed E-state index contributed by atoms with van der Waals surface area (Å²) in [7, 11) is 1.55. The zero-order chi connectivity index (χ0) is 22.9. The SMILES string of the molecule is COc1cc(/C=N\NC(=O)C(=O)Nc2ccc(C)c(C)c2)ccc1OCc1ccccc1. The maximum Gasteiger partial charge on any atom is 0.329 e. The van der Waals surface area contributed by atoms with Gasteiger partial charge in [0, 0.05) is 5.69 Å². The maximum atomic E-state index is 12.1. The van der Waals surface area contributed by atoms with Crippen LogP contribution in [0.5, 0.6) is 11.5 Å². The molecule has 7 nitrogen and oxygen atoms in total. The van der Waals surface area contributed by atoms with Gasteiger partial charge in [0.2, 0.25) is 0 Å². The quantitative estimate of drug-likeness (QED) is 0.336. The van der Waals surface area contributed by atoms with Gasteiger partial charge in [-0.15, -0.1) is 0 Å². The molecular formula is C25H25N3O4. The molecule has 164 valence electrons. The Morgan fingerprint density at radius 3 is 2.41 bits per heavy atom. The number of methoxy groups -OCH3 is 1. The van der Waals surface area contributed by atoms with Gasteiger partial charge in [-0.2, -0.15) is 5.10 Å². The fourth-order valence-electron chi connectivity index (χ4n) is 2.84. The van der Waals surface area contributed by atoms with E-state index in [1.54, 1.807) is 37.4 Å². The number of hydrazone groups is 1. The topological polar surface area (TPSA) is 89.0 Å². The molecule has 0 heterocycles. The smallest absolute Gasteiger partial charge is 0.329 e. The van der Waals surface area contributed by atoms with Gasteiger partial charge in [-0.1, -0.05) is 36.4 Å². The largest absolute Gasteiger partial charge is 0.493 e. The van der Waals surface area contributed by atoms with Crippen LogP contribution in [0.4, 0.5) is 5.69 Å². The molecule has 3 rings (SSSR count). The van der Waals surface area contributed by atoms with Crippen molar-refractivity contribution in [1.82, 2.24) is 5.43 Å². The molecule has 0 spiro atoms. The standard InChI is InChI=1S/C25H25N3O4/c1-17-9-11-21(13-18(17)2)27-24(29)25(30)28-26-15-20-10-12-22(23(14-20)31-3)32-16-19-7-5-4-6-8-19/h4-15H,16H2,1-3H3,(H,27,29)(H,28,30)/b26-15-. The van der Waals surface area contributed by atoms with Crippen molar-refractivity contribution in [2.45, 2.75) is 20.5 Å². The van der Waals surface area contributed by atoms with Crippen LogP contribution >= 0.6 is 0 Å². The highest BCUT2D eigenvalue weighted by atomic mass is 16.5. The van der Waals surface area contributed by atoms with Crippen LogP contribution in [-0.4, -0.2) is 25.1 Å². The molecule has 0 radical (unpaired) electrons. The van der Waals surface area contributed by atoms with Crippen LogP contribution < -0.4 is 20.2 Å². The number of amides is 2. The van der Waals surface area contributed by atoms with Gasteiger partial charge in [-0.3, -0.25) is 9.59 Å². The molecule has 0 unspecified atom stereocenters. The average Bonchev–Trinajstić information content (AvgIpc) is 2.81. The third-order valence-corrected chi connectivity index (χ3v) is 4.78. The van der Waals surface area contributed by atoms with Crippen molar-refractivity contribution in [2.24, 2.45) is 5.10 Å². The van der Waals surface area contributed by atoms with Crippen molar-refractivity contribution in [1.29, 1.82) is 0 Å². The summed E-state index contributed by atoms with van der Waals surface area (Å²) in [6.07, 6.45) is 1.42. The van der Waals surface area contributed by atoms with Crippen molar-refractivity contribution in [2.75, 3.05) is 12.4 Å². The molecule has 7 heteroatoms. The Balaban J connectivity index is 1.56. The number of hydrogen-bond donors (Lipinski definition) is 2. The Labute approximate surface area is 187 Å². The summed E-state index contributed by atoms with van der Waals surface area (Å²) in [4.78, 5) is 24.1. The second-order valence-corrected chi connectivity index (χ2v) is 7.14. The molecule has 32 heavy (non-hydrogen) atoms. The van der Waals surface area contributed by atoms with E-state index in [4.69, 9.17) is 9.47 Å². The number of anilines is 1. The second kappa shape index (κ2) is 10.8. The molecular weight excluding hydrogens is 406 g/mol. The molecule has 0 aliphatic rings. The van der Waals surface area contributed by atoms with E-state index < -0.39 is 11.8 Å². The summed E-state index contributed by atoms with van der Waals surface area (Å²) in [6, 6.07) is 20.5. The molecule has 0 aromatic heterocycles. The first-order chi connectivity index (χ1) is 15.5. The van der Waals surface area contributed by atoms with Gasteiger partial charge in [0.25, 0.3) is 0 Å². The fraction of sp³-hybridized carbons (Fsp3) is 0.160. The highest BCUT2D eigenvalue weighted by Gasteiger charge is 2.13. The number of aryl methyl sites for hydroxylation is 2. The number of benzene rings is 3.